The molecule has 0 bridgehead atoms. The molecule has 80 valence electrons. The number of aryl methyl sites for hydroxylation is 2. The van der Waals surface area contributed by atoms with E-state index in [2.05, 4.69) is 4.57 Å². The second-order valence-corrected chi connectivity index (χ2v) is 3.52. The first kappa shape index (κ1) is 11.5. The summed E-state index contributed by atoms with van der Waals surface area (Å²) in [6.07, 6.45) is 6.06. The third-order valence-corrected chi connectivity index (χ3v) is 2.30. The second kappa shape index (κ2) is 4.78. The molecule has 0 N–H and O–H groups in total. The normalized spacial score (nSPS) is 12.4. The van der Waals surface area contributed by atoms with Gasteiger partial charge in [0.15, 0.2) is 5.43 Å². The van der Waals surface area contributed by atoms with Crippen molar-refractivity contribution in [3.63, 3.8) is 0 Å². The Hall–Kier alpha value is -1.57. The highest BCUT2D eigenvalue weighted by Crippen LogP contribution is 2.12. The third kappa shape index (κ3) is 2.46. The molecule has 0 saturated carbocycles. The van der Waals surface area contributed by atoms with Crippen molar-refractivity contribution in [2.75, 3.05) is 0 Å². The van der Waals surface area contributed by atoms with E-state index in [9.17, 15) is 4.79 Å². The highest BCUT2D eigenvalue weighted by molar-refractivity contribution is 5.58. The van der Waals surface area contributed by atoms with E-state index >= 15 is 0 Å². The van der Waals surface area contributed by atoms with Gasteiger partial charge in [-0.1, -0.05) is 12.2 Å². The van der Waals surface area contributed by atoms with Crippen LogP contribution in [0.2, 0.25) is 0 Å². The standard InChI is InChI=1S/C13H17NO/c1-5-7-12(6-2)14-10(3)8-13(15)9-11(14)4/h5-9H,1-4H3/b7-5-,12-6+. The number of allylic oxidation sites excluding steroid dienone is 4. The molecule has 0 aliphatic carbocycles. The number of rotatable bonds is 2. The molecule has 1 heterocycles. The molecule has 0 atom stereocenters. The molecule has 0 unspecified atom stereocenters. The zero-order valence-corrected chi connectivity index (χ0v) is 9.74. The number of aromatic nitrogens is 1. The van der Waals surface area contributed by atoms with Crippen molar-refractivity contribution in [3.05, 3.63) is 52.0 Å². The molecule has 0 amide bonds. The lowest BCUT2D eigenvalue weighted by Gasteiger charge is -2.14. The predicted octanol–water partition coefficient (Wildman–Crippen LogP) is 2.90. The average molecular weight is 203 g/mol. The molecule has 0 fully saturated rings. The summed E-state index contributed by atoms with van der Waals surface area (Å²) in [5.74, 6) is 0. The summed E-state index contributed by atoms with van der Waals surface area (Å²) in [7, 11) is 0. The van der Waals surface area contributed by atoms with Crippen molar-refractivity contribution in [2.24, 2.45) is 0 Å². The van der Waals surface area contributed by atoms with Crippen LogP contribution in [-0.2, 0) is 0 Å². The Balaban J connectivity index is 3.43. The molecule has 15 heavy (non-hydrogen) atoms. The SMILES string of the molecule is C/C=C\C(=C/C)n1c(C)cc(=O)cc1C. The highest BCUT2D eigenvalue weighted by atomic mass is 16.1. The molecule has 1 rings (SSSR count). The van der Waals surface area contributed by atoms with Gasteiger partial charge in [-0.3, -0.25) is 4.79 Å². The third-order valence-electron chi connectivity index (χ3n) is 2.30. The summed E-state index contributed by atoms with van der Waals surface area (Å²) in [5, 5.41) is 0. The fourth-order valence-electron chi connectivity index (χ4n) is 1.74. The molecule has 0 aliphatic heterocycles. The van der Waals surface area contributed by atoms with E-state index in [1.165, 1.54) is 0 Å². The molecule has 1 aromatic rings. The van der Waals surface area contributed by atoms with Crippen LogP contribution in [0.3, 0.4) is 0 Å². The van der Waals surface area contributed by atoms with Gasteiger partial charge in [-0.05, 0) is 33.8 Å². The van der Waals surface area contributed by atoms with Crippen molar-refractivity contribution < 1.29 is 0 Å². The Morgan fingerprint density at radius 1 is 1.20 bits per heavy atom. The first-order valence-corrected chi connectivity index (χ1v) is 5.10. The highest BCUT2D eigenvalue weighted by Gasteiger charge is 2.02. The molecule has 2 heteroatoms. The van der Waals surface area contributed by atoms with E-state index in [-0.39, 0.29) is 5.43 Å². The van der Waals surface area contributed by atoms with Crippen LogP contribution in [0.5, 0.6) is 0 Å². The smallest absolute Gasteiger partial charge is 0.182 e. The van der Waals surface area contributed by atoms with Gasteiger partial charge in [-0.25, -0.2) is 0 Å². The van der Waals surface area contributed by atoms with Crippen LogP contribution in [0.4, 0.5) is 0 Å². The summed E-state index contributed by atoms with van der Waals surface area (Å²) in [6, 6.07) is 3.31. The topological polar surface area (TPSA) is 22.0 Å². The largest absolute Gasteiger partial charge is 0.319 e. The van der Waals surface area contributed by atoms with Crippen LogP contribution >= 0.6 is 0 Å². The summed E-state index contributed by atoms with van der Waals surface area (Å²) in [6.45, 7) is 7.87. The Morgan fingerprint density at radius 3 is 2.13 bits per heavy atom. The van der Waals surface area contributed by atoms with E-state index in [1.54, 1.807) is 12.1 Å². The maximum atomic E-state index is 11.3. The lowest BCUT2D eigenvalue weighted by molar-refractivity contribution is 0.948. The van der Waals surface area contributed by atoms with Crippen LogP contribution in [0.25, 0.3) is 5.70 Å². The van der Waals surface area contributed by atoms with Crippen molar-refractivity contribution >= 4 is 5.70 Å². The van der Waals surface area contributed by atoms with Gasteiger partial charge < -0.3 is 4.57 Å². The lowest BCUT2D eigenvalue weighted by atomic mass is 10.2. The quantitative estimate of drug-likeness (QED) is 0.677. The molecule has 0 saturated heterocycles. The van der Waals surface area contributed by atoms with Crippen molar-refractivity contribution in [1.29, 1.82) is 0 Å². The summed E-state index contributed by atoms with van der Waals surface area (Å²) < 4.78 is 2.07. The van der Waals surface area contributed by atoms with Gasteiger partial charge in [0, 0.05) is 29.2 Å². The van der Waals surface area contributed by atoms with Crippen LogP contribution < -0.4 is 5.43 Å². The number of nitrogens with zero attached hydrogens (tertiary/aromatic N) is 1. The maximum absolute atomic E-state index is 11.3. The van der Waals surface area contributed by atoms with E-state index in [0.29, 0.717) is 0 Å². The Kier molecular flexibility index (Phi) is 3.67. The summed E-state index contributed by atoms with van der Waals surface area (Å²) in [4.78, 5) is 11.3. The van der Waals surface area contributed by atoms with Gasteiger partial charge in [-0.15, -0.1) is 0 Å². The van der Waals surface area contributed by atoms with Gasteiger partial charge in [-0.2, -0.15) is 0 Å². The predicted molar refractivity (Wildman–Crippen MR) is 64.9 cm³/mol. The zero-order valence-electron chi connectivity index (χ0n) is 9.74. The van der Waals surface area contributed by atoms with E-state index in [1.807, 2.05) is 45.9 Å². The fraction of sp³-hybridized carbons (Fsp3) is 0.308. The van der Waals surface area contributed by atoms with Gasteiger partial charge in [0.2, 0.25) is 0 Å². The minimum absolute atomic E-state index is 0.0668. The monoisotopic (exact) mass is 203 g/mol. The lowest BCUT2D eigenvalue weighted by Crippen LogP contribution is -2.11. The van der Waals surface area contributed by atoms with E-state index in [0.717, 1.165) is 17.1 Å². The number of hydrogen-bond donors (Lipinski definition) is 0. The van der Waals surface area contributed by atoms with Crippen LogP contribution in [0, 0.1) is 13.8 Å². The Bertz CT molecular complexity index is 438. The van der Waals surface area contributed by atoms with Gasteiger partial charge in [0.05, 0.1) is 0 Å². The molecule has 0 aromatic carbocycles. The van der Waals surface area contributed by atoms with Crippen molar-refractivity contribution in [3.8, 4) is 0 Å². The van der Waals surface area contributed by atoms with Crippen LogP contribution in [0.15, 0.2) is 35.2 Å². The maximum Gasteiger partial charge on any atom is 0.182 e. The molecule has 2 nitrogen and oxygen atoms in total. The van der Waals surface area contributed by atoms with Gasteiger partial charge >= 0.3 is 0 Å². The summed E-state index contributed by atoms with van der Waals surface area (Å²) >= 11 is 0. The van der Waals surface area contributed by atoms with Crippen LogP contribution in [0.1, 0.15) is 25.2 Å². The number of hydrogen-bond acceptors (Lipinski definition) is 1. The molecular weight excluding hydrogens is 186 g/mol. The molecule has 0 spiro atoms. The summed E-state index contributed by atoms with van der Waals surface area (Å²) in [5.41, 5.74) is 3.09. The first-order valence-electron chi connectivity index (χ1n) is 5.10. The van der Waals surface area contributed by atoms with Gasteiger partial charge in [0.1, 0.15) is 0 Å². The first-order chi connectivity index (χ1) is 7.10. The van der Waals surface area contributed by atoms with Crippen LogP contribution in [-0.4, -0.2) is 4.57 Å². The number of pyridine rings is 1. The van der Waals surface area contributed by atoms with Crippen molar-refractivity contribution in [2.45, 2.75) is 27.7 Å². The van der Waals surface area contributed by atoms with Crippen molar-refractivity contribution in [1.82, 2.24) is 4.57 Å². The minimum atomic E-state index is 0.0668. The molecular formula is C13H17NO. The second-order valence-electron chi connectivity index (χ2n) is 3.52. The minimum Gasteiger partial charge on any atom is -0.319 e. The average Bonchev–Trinajstić information content (AvgIpc) is 2.14. The zero-order chi connectivity index (χ0) is 11.4. The Labute approximate surface area is 90.6 Å². The fourth-order valence-corrected chi connectivity index (χ4v) is 1.74. The van der Waals surface area contributed by atoms with E-state index < -0.39 is 0 Å². The Morgan fingerprint density at radius 2 is 1.73 bits per heavy atom. The van der Waals surface area contributed by atoms with E-state index in [4.69, 9.17) is 0 Å². The molecule has 0 aliphatic rings. The van der Waals surface area contributed by atoms with Gasteiger partial charge in [0.25, 0.3) is 0 Å². The molecule has 0 radical (unpaired) electrons. The molecule has 1 aromatic heterocycles.